The largest absolute Gasteiger partial charge is 0.462 e. The zero-order chi connectivity index (χ0) is 19.6. The summed E-state index contributed by atoms with van der Waals surface area (Å²) in [5, 5.41) is 5.02. The summed E-state index contributed by atoms with van der Waals surface area (Å²) in [7, 11) is 0. The lowest BCUT2D eigenvalue weighted by atomic mass is 10.1. The van der Waals surface area contributed by atoms with Gasteiger partial charge >= 0.3 is 5.97 Å². The minimum Gasteiger partial charge on any atom is -0.462 e. The molecule has 0 unspecified atom stereocenters. The molecule has 0 aliphatic heterocycles. The molecule has 5 nitrogen and oxygen atoms in total. The van der Waals surface area contributed by atoms with Crippen LogP contribution >= 0.6 is 46.3 Å². The Bertz CT molecular complexity index is 1110. The highest BCUT2D eigenvalue weighted by Gasteiger charge is 2.15. The first-order valence-corrected chi connectivity index (χ1v) is 10.8. The van der Waals surface area contributed by atoms with Crippen molar-refractivity contribution in [3.05, 3.63) is 54.9 Å². The summed E-state index contributed by atoms with van der Waals surface area (Å²) in [6.07, 6.45) is 3.27. The van der Waals surface area contributed by atoms with Crippen molar-refractivity contribution in [3.8, 4) is 5.69 Å². The molecule has 0 bridgehead atoms. The number of carbonyl (C=O) groups is 1. The van der Waals surface area contributed by atoms with Gasteiger partial charge in [-0.25, -0.2) is 9.78 Å². The van der Waals surface area contributed by atoms with Crippen LogP contribution in [0.3, 0.4) is 0 Å². The van der Waals surface area contributed by atoms with Crippen LogP contribution in [-0.4, -0.2) is 28.4 Å². The van der Waals surface area contributed by atoms with E-state index in [0.29, 0.717) is 32.3 Å². The van der Waals surface area contributed by atoms with Crippen LogP contribution in [0.15, 0.2) is 43.9 Å². The molecule has 0 N–H and O–H groups in total. The van der Waals surface area contributed by atoms with Crippen LogP contribution in [0.2, 0.25) is 5.02 Å². The number of thioether (sulfide) groups is 1. The lowest BCUT2D eigenvalue weighted by Crippen LogP contribution is -2.21. The van der Waals surface area contributed by atoms with E-state index in [1.165, 1.54) is 33.7 Å². The molecular formula is C18H14Cl2N2O3S2. The van der Waals surface area contributed by atoms with E-state index in [-0.39, 0.29) is 17.2 Å². The predicted molar refractivity (Wildman–Crippen MR) is 112 cm³/mol. The number of carbonyl (C=O) groups excluding carboxylic acids is 1. The molecule has 1 aromatic carbocycles. The van der Waals surface area contributed by atoms with E-state index in [1.807, 2.05) is 11.6 Å². The van der Waals surface area contributed by atoms with Crippen LogP contribution in [0.25, 0.3) is 22.7 Å². The number of thiophene rings is 1. The van der Waals surface area contributed by atoms with Crippen LogP contribution in [0.5, 0.6) is 0 Å². The third kappa shape index (κ3) is 4.06. The molecule has 2 heterocycles. The monoisotopic (exact) mass is 440 g/mol. The maximum absolute atomic E-state index is 12.9. The van der Waals surface area contributed by atoms with E-state index in [9.17, 15) is 9.59 Å². The molecule has 0 aliphatic rings. The molecule has 0 radical (unpaired) electrons. The normalized spacial score (nSPS) is 11.8. The van der Waals surface area contributed by atoms with Gasteiger partial charge in [-0.3, -0.25) is 9.36 Å². The minimum atomic E-state index is -0.635. The molecule has 0 spiro atoms. The molecule has 9 heteroatoms. The van der Waals surface area contributed by atoms with E-state index in [2.05, 4.69) is 4.98 Å². The fourth-order valence-electron chi connectivity index (χ4n) is 2.44. The van der Waals surface area contributed by atoms with Crippen LogP contribution in [0.1, 0.15) is 12.5 Å². The standard InChI is InChI=1S/C18H14Cl2N2O3S2/c1-3-25-17(24)14(20)7-10-6-11(4-5-13(10)19)22-16(23)12-8-27-9-15(12)21-18(22)26-2/h4-9H,3H2,1-2H3. The number of esters is 1. The highest BCUT2D eigenvalue weighted by molar-refractivity contribution is 7.98. The van der Waals surface area contributed by atoms with Gasteiger partial charge in [-0.05, 0) is 43.0 Å². The van der Waals surface area contributed by atoms with Gasteiger partial charge in [-0.1, -0.05) is 35.0 Å². The van der Waals surface area contributed by atoms with E-state index in [4.69, 9.17) is 27.9 Å². The molecule has 0 fully saturated rings. The first-order chi connectivity index (χ1) is 13.0. The molecule has 2 aromatic heterocycles. The van der Waals surface area contributed by atoms with Crippen molar-refractivity contribution in [3.63, 3.8) is 0 Å². The summed E-state index contributed by atoms with van der Waals surface area (Å²) in [5.74, 6) is -0.635. The Morgan fingerprint density at radius 3 is 2.89 bits per heavy atom. The van der Waals surface area contributed by atoms with E-state index in [0.717, 1.165) is 0 Å². The van der Waals surface area contributed by atoms with Gasteiger partial charge in [0.05, 0.1) is 23.2 Å². The number of ether oxygens (including phenoxy) is 1. The second-order valence-electron chi connectivity index (χ2n) is 5.33. The van der Waals surface area contributed by atoms with Crippen molar-refractivity contribution in [2.24, 2.45) is 0 Å². The number of nitrogens with zero attached hydrogens (tertiary/aromatic N) is 2. The average molecular weight is 441 g/mol. The summed E-state index contributed by atoms with van der Waals surface area (Å²) in [6, 6.07) is 5.05. The number of benzene rings is 1. The molecule has 0 aliphatic carbocycles. The Kier molecular flexibility index (Phi) is 6.26. The fourth-order valence-corrected chi connectivity index (χ4v) is 4.08. The van der Waals surface area contributed by atoms with Gasteiger partial charge in [0.15, 0.2) is 5.16 Å². The Morgan fingerprint density at radius 2 is 2.19 bits per heavy atom. The Morgan fingerprint density at radius 1 is 1.41 bits per heavy atom. The lowest BCUT2D eigenvalue weighted by Gasteiger charge is -2.12. The number of hydrogen-bond donors (Lipinski definition) is 0. The minimum absolute atomic E-state index is 0.0975. The Hall–Kier alpha value is -1.80. The van der Waals surface area contributed by atoms with Crippen molar-refractivity contribution in [2.75, 3.05) is 12.9 Å². The molecular weight excluding hydrogens is 427 g/mol. The van der Waals surface area contributed by atoms with Gasteiger partial charge in [0.25, 0.3) is 5.56 Å². The molecule has 0 saturated carbocycles. The Labute approximate surface area is 173 Å². The number of rotatable bonds is 5. The van der Waals surface area contributed by atoms with Gasteiger partial charge in [0.2, 0.25) is 0 Å². The first kappa shape index (κ1) is 19.9. The zero-order valence-corrected chi connectivity index (χ0v) is 17.5. The van der Waals surface area contributed by atoms with Gasteiger partial charge in [0, 0.05) is 15.8 Å². The number of hydrogen-bond acceptors (Lipinski definition) is 6. The van der Waals surface area contributed by atoms with Crippen LogP contribution in [0.4, 0.5) is 0 Å². The van der Waals surface area contributed by atoms with Crippen molar-refractivity contribution in [1.82, 2.24) is 9.55 Å². The van der Waals surface area contributed by atoms with E-state index in [1.54, 1.807) is 30.5 Å². The van der Waals surface area contributed by atoms with Crippen LogP contribution in [0, 0.1) is 0 Å². The molecule has 0 atom stereocenters. The van der Waals surface area contributed by atoms with Crippen LogP contribution < -0.4 is 5.56 Å². The summed E-state index contributed by atoms with van der Waals surface area (Å²) in [4.78, 5) is 29.2. The molecule has 3 aromatic rings. The molecule has 0 amide bonds. The lowest BCUT2D eigenvalue weighted by molar-refractivity contribution is -0.137. The predicted octanol–water partition coefficient (Wildman–Crippen LogP) is 4.97. The fraction of sp³-hybridized carbons (Fsp3) is 0.167. The zero-order valence-electron chi connectivity index (χ0n) is 14.4. The van der Waals surface area contributed by atoms with Gasteiger partial charge < -0.3 is 4.74 Å². The van der Waals surface area contributed by atoms with Crippen molar-refractivity contribution >= 4 is 69.2 Å². The summed E-state index contributed by atoms with van der Waals surface area (Å²) >= 11 is 15.0. The third-order valence-corrected chi connectivity index (χ3v) is 5.63. The molecule has 27 heavy (non-hydrogen) atoms. The number of aromatic nitrogens is 2. The Balaban J connectivity index is 2.16. The number of fused-ring (bicyclic) bond motifs is 1. The topological polar surface area (TPSA) is 61.2 Å². The van der Waals surface area contributed by atoms with E-state index >= 15 is 0 Å². The molecule has 140 valence electrons. The second-order valence-corrected chi connectivity index (χ2v) is 7.66. The van der Waals surface area contributed by atoms with Gasteiger partial charge in [0.1, 0.15) is 5.03 Å². The molecule has 3 rings (SSSR count). The van der Waals surface area contributed by atoms with Gasteiger partial charge in [-0.2, -0.15) is 0 Å². The highest BCUT2D eigenvalue weighted by Crippen LogP contribution is 2.26. The number of halogens is 2. The highest BCUT2D eigenvalue weighted by atomic mass is 35.5. The second kappa shape index (κ2) is 8.48. The summed E-state index contributed by atoms with van der Waals surface area (Å²) in [5.41, 5.74) is 1.58. The van der Waals surface area contributed by atoms with Crippen molar-refractivity contribution in [2.45, 2.75) is 12.1 Å². The summed E-state index contributed by atoms with van der Waals surface area (Å²) in [6.45, 7) is 1.91. The SMILES string of the molecule is CCOC(=O)C(Cl)=Cc1cc(-n2c(SC)nc3cscc3c2=O)ccc1Cl. The quantitative estimate of drug-likeness (QED) is 0.242. The smallest absolute Gasteiger partial charge is 0.349 e. The first-order valence-electron chi connectivity index (χ1n) is 7.83. The van der Waals surface area contributed by atoms with Gasteiger partial charge in [-0.15, -0.1) is 11.3 Å². The molecule has 0 saturated heterocycles. The maximum Gasteiger partial charge on any atom is 0.349 e. The van der Waals surface area contributed by atoms with Crippen LogP contribution in [-0.2, 0) is 9.53 Å². The van der Waals surface area contributed by atoms with Crippen molar-refractivity contribution < 1.29 is 9.53 Å². The average Bonchev–Trinajstić information content (AvgIpc) is 3.12. The van der Waals surface area contributed by atoms with E-state index < -0.39 is 5.97 Å². The maximum atomic E-state index is 12.9. The summed E-state index contributed by atoms with van der Waals surface area (Å²) < 4.78 is 6.40. The van der Waals surface area contributed by atoms with Crippen molar-refractivity contribution in [1.29, 1.82) is 0 Å². The third-order valence-electron chi connectivity index (χ3n) is 3.66.